The number of amides is 1. The summed E-state index contributed by atoms with van der Waals surface area (Å²) in [5.74, 6) is -0.599. The Hall–Kier alpha value is -3.75. The molecule has 10 heteroatoms. The van der Waals surface area contributed by atoms with E-state index in [0.29, 0.717) is 28.2 Å². The van der Waals surface area contributed by atoms with Gasteiger partial charge in [-0.1, -0.05) is 35.9 Å². The summed E-state index contributed by atoms with van der Waals surface area (Å²) in [4.78, 5) is 18.3. The number of carbonyl (C=O) groups is 1. The zero-order chi connectivity index (χ0) is 22.8. The van der Waals surface area contributed by atoms with Crippen molar-refractivity contribution >= 4 is 46.6 Å². The summed E-state index contributed by atoms with van der Waals surface area (Å²) < 4.78 is 13.4. The number of hydrogen-bond donors (Lipinski definition) is 2. The molecule has 0 saturated carbocycles. The Balaban J connectivity index is 1.64. The highest BCUT2D eigenvalue weighted by atomic mass is 35.5. The molecule has 0 aliphatic heterocycles. The zero-order valence-corrected chi connectivity index (χ0v) is 17.9. The molecule has 7 nitrogen and oxygen atoms in total. The predicted octanol–water partition coefficient (Wildman–Crippen LogP) is 5.25. The van der Waals surface area contributed by atoms with Crippen LogP contribution in [0.3, 0.4) is 0 Å². The van der Waals surface area contributed by atoms with Crippen molar-refractivity contribution in [3.05, 3.63) is 88.6 Å². The van der Waals surface area contributed by atoms with E-state index in [1.807, 2.05) is 0 Å². The van der Waals surface area contributed by atoms with Gasteiger partial charge in [0.25, 0.3) is 5.91 Å². The fraction of sp³-hybridized carbons (Fsp3) is 0. The van der Waals surface area contributed by atoms with Crippen LogP contribution in [0.1, 0.15) is 15.9 Å². The van der Waals surface area contributed by atoms with Crippen LogP contribution in [-0.4, -0.2) is 25.9 Å². The highest BCUT2D eigenvalue weighted by Gasteiger charge is 2.17. The second-order valence-electron chi connectivity index (χ2n) is 6.66. The van der Waals surface area contributed by atoms with Gasteiger partial charge in [0, 0.05) is 11.3 Å². The molecule has 0 bridgehead atoms. The average Bonchev–Trinajstić information content (AvgIpc) is 3.28. The molecule has 0 aliphatic carbocycles. The van der Waals surface area contributed by atoms with E-state index in [-0.39, 0.29) is 21.3 Å². The van der Waals surface area contributed by atoms with E-state index in [0.717, 1.165) is 0 Å². The summed E-state index contributed by atoms with van der Waals surface area (Å²) >= 11 is 12.7. The van der Waals surface area contributed by atoms with Gasteiger partial charge in [0.05, 0.1) is 39.9 Å². The molecule has 2 heterocycles. The quantitative estimate of drug-likeness (QED) is 0.389. The molecule has 0 aliphatic rings. The van der Waals surface area contributed by atoms with Crippen molar-refractivity contribution in [1.29, 1.82) is 0 Å². The minimum atomic E-state index is -0.473. The van der Waals surface area contributed by atoms with Crippen molar-refractivity contribution in [2.45, 2.75) is 0 Å². The highest BCUT2D eigenvalue weighted by Crippen LogP contribution is 2.34. The fourth-order valence-electron chi connectivity index (χ4n) is 3.11. The van der Waals surface area contributed by atoms with Crippen LogP contribution < -0.4 is 11.1 Å². The van der Waals surface area contributed by atoms with Gasteiger partial charge >= 0.3 is 0 Å². The number of nitrogens with zero attached hydrogens (tertiary/aromatic N) is 4. The Morgan fingerprint density at radius 1 is 1.09 bits per heavy atom. The predicted molar refractivity (Wildman–Crippen MR) is 123 cm³/mol. The van der Waals surface area contributed by atoms with Gasteiger partial charge in [-0.3, -0.25) is 4.79 Å². The highest BCUT2D eigenvalue weighted by molar-refractivity contribution is 6.35. The molecule has 2 aromatic carbocycles. The average molecular weight is 469 g/mol. The Morgan fingerprint density at radius 3 is 2.50 bits per heavy atom. The fourth-order valence-corrected chi connectivity index (χ4v) is 3.61. The number of nitrogens with one attached hydrogen (secondary N) is 1. The van der Waals surface area contributed by atoms with E-state index < -0.39 is 11.7 Å². The molecule has 0 atom stereocenters. The number of benzene rings is 2. The maximum Gasteiger partial charge on any atom is 0.257 e. The van der Waals surface area contributed by atoms with Crippen molar-refractivity contribution in [2.75, 3.05) is 11.1 Å². The van der Waals surface area contributed by atoms with Crippen molar-refractivity contribution in [3.8, 4) is 16.9 Å². The van der Waals surface area contributed by atoms with Crippen molar-refractivity contribution in [1.82, 2.24) is 20.0 Å². The number of hydrogen-bond acceptors (Lipinski definition) is 5. The molecule has 160 valence electrons. The summed E-state index contributed by atoms with van der Waals surface area (Å²) in [6, 6.07) is 8.77. The molecule has 0 saturated heterocycles. The van der Waals surface area contributed by atoms with Gasteiger partial charge in [0.15, 0.2) is 5.82 Å². The number of nitrogen functional groups attached to an aromatic ring is 1. The molecule has 0 spiro atoms. The SMILES string of the molecule is C=Cc1cc(C(=O)Nc2cnc(-n3nccn3)c(Cl)c2)c(Cl)cc1-c1ccc(F)cc1N. The minimum Gasteiger partial charge on any atom is -0.398 e. The second kappa shape index (κ2) is 8.78. The third kappa shape index (κ3) is 4.18. The first kappa shape index (κ1) is 21.5. The van der Waals surface area contributed by atoms with Crippen molar-refractivity contribution in [2.24, 2.45) is 0 Å². The number of aromatic nitrogens is 4. The third-order valence-electron chi connectivity index (χ3n) is 4.60. The smallest absolute Gasteiger partial charge is 0.257 e. The molecule has 4 rings (SSSR count). The standard InChI is InChI=1S/C22H15Cl2FN6O/c1-2-12-7-17(18(23)10-16(12)15-4-3-13(25)8-20(15)26)22(32)30-14-9-19(24)21(27-11-14)31-28-5-6-29-31/h2-11H,1,26H2,(H,30,32). The van der Waals surface area contributed by atoms with E-state index in [4.69, 9.17) is 28.9 Å². The topological polar surface area (TPSA) is 98.7 Å². The van der Waals surface area contributed by atoms with Crippen LogP contribution in [0.4, 0.5) is 15.8 Å². The Labute approximate surface area is 192 Å². The summed E-state index contributed by atoms with van der Waals surface area (Å²) in [6.07, 6.45) is 5.99. The van der Waals surface area contributed by atoms with Gasteiger partial charge < -0.3 is 11.1 Å². The van der Waals surface area contributed by atoms with Crippen LogP contribution in [0.15, 0.2) is 61.6 Å². The van der Waals surface area contributed by atoms with Crippen LogP contribution >= 0.6 is 23.2 Å². The van der Waals surface area contributed by atoms with Crippen LogP contribution in [0, 0.1) is 5.82 Å². The molecule has 4 aromatic rings. The first-order valence-electron chi connectivity index (χ1n) is 9.22. The van der Waals surface area contributed by atoms with E-state index in [1.165, 1.54) is 41.6 Å². The number of anilines is 2. The molecule has 0 radical (unpaired) electrons. The van der Waals surface area contributed by atoms with E-state index in [9.17, 15) is 9.18 Å². The Morgan fingerprint density at radius 2 is 1.84 bits per heavy atom. The molecule has 0 fully saturated rings. The first-order valence-corrected chi connectivity index (χ1v) is 9.98. The van der Waals surface area contributed by atoms with E-state index in [1.54, 1.807) is 24.3 Å². The number of rotatable bonds is 5. The number of halogens is 3. The van der Waals surface area contributed by atoms with Crippen LogP contribution in [0.25, 0.3) is 23.0 Å². The lowest BCUT2D eigenvalue weighted by molar-refractivity contribution is 0.102. The van der Waals surface area contributed by atoms with Gasteiger partial charge in [-0.25, -0.2) is 9.37 Å². The van der Waals surface area contributed by atoms with Crippen molar-refractivity contribution < 1.29 is 9.18 Å². The van der Waals surface area contributed by atoms with Crippen LogP contribution in [-0.2, 0) is 0 Å². The largest absolute Gasteiger partial charge is 0.398 e. The number of nitrogens with two attached hydrogens (primary N) is 1. The number of pyridine rings is 1. The van der Waals surface area contributed by atoms with E-state index >= 15 is 0 Å². The van der Waals surface area contributed by atoms with Crippen LogP contribution in [0.5, 0.6) is 0 Å². The van der Waals surface area contributed by atoms with Gasteiger partial charge in [-0.15, -0.1) is 4.80 Å². The maximum absolute atomic E-state index is 13.4. The molecular weight excluding hydrogens is 454 g/mol. The van der Waals surface area contributed by atoms with Gasteiger partial charge in [-0.05, 0) is 47.5 Å². The summed E-state index contributed by atoms with van der Waals surface area (Å²) in [6.45, 7) is 3.79. The lowest BCUT2D eigenvalue weighted by Crippen LogP contribution is -2.14. The van der Waals surface area contributed by atoms with E-state index in [2.05, 4.69) is 27.1 Å². The minimum absolute atomic E-state index is 0.184. The Bertz CT molecular complexity index is 1340. The Kier molecular flexibility index (Phi) is 5.89. The zero-order valence-electron chi connectivity index (χ0n) is 16.4. The molecule has 2 aromatic heterocycles. The molecule has 1 amide bonds. The molecule has 0 unspecified atom stereocenters. The first-order chi connectivity index (χ1) is 15.4. The lowest BCUT2D eigenvalue weighted by atomic mass is 9.96. The summed E-state index contributed by atoms with van der Waals surface area (Å²) in [5, 5.41) is 11.1. The molecular formula is C22H15Cl2FN6O. The monoisotopic (exact) mass is 468 g/mol. The van der Waals surface area contributed by atoms with Gasteiger partial charge in [0.2, 0.25) is 0 Å². The summed E-state index contributed by atoms with van der Waals surface area (Å²) in [7, 11) is 0. The molecule has 3 N–H and O–H groups in total. The normalized spacial score (nSPS) is 10.7. The maximum atomic E-state index is 13.4. The van der Waals surface area contributed by atoms with Gasteiger partial charge in [0.1, 0.15) is 5.82 Å². The lowest BCUT2D eigenvalue weighted by Gasteiger charge is -2.14. The number of carbonyl (C=O) groups excluding carboxylic acids is 1. The van der Waals surface area contributed by atoms with Crippen molar-refractivity contribution in [3.63, 3.8) is 0 Å². The van der Waals surface area contributed by atoms with Gasteiger partial charge in [-0.2, -0.15) is 10.2 Å². The second-order valence-corrected chi connectivity index (χ2v) is 7.47. The van der Waals surface area contributed by atoms with Crippen LogP contribution in [0.2, 0.25) is 10.0 Å². The third-order valence-corrected chi connectivity index (χ3v) is 5.19. The molecule has 32 heavy (non-hydrogen) atoms. The summed E-state index contributed by atoms with van der Waals surface area (Å²) in [5.41, 5.74) is 8.58.